The molecule has 15 heavy (non-hydrogen) atoms. The summed E-state index contributed by atoms with van der Waals surface area (Å²) in [6.07, 6.45) is 6.92. The smallest absolute Gasteiger partial charge is 0.0550 e. The molecule has 2 rings (SSSR count). The molecule has 76 valence electrons. The van der Waals surface area contributed by atoms with Crippen LogP contribution in [0.1, 0.15) is 5.56 Å². The van der Waals surface area contributed by atoms with Crippen molar-refractivity contribution in [2.45, 2.75) is 6.54 Å². The van der Waals surface area contributed by atoms with Crippen molar-refractivity contribution in [2.75, 3.05) is 11.1 Å². The minimum Gasteiger partial charge on any atom is -0.397 e. The fourth-order valence-electron chi connectivity index (χ4n) is 1.26. The second-order valence-corrected chi connectivity index (χ2v) is 3.22. The van der Waals surface area contributed by atoms with Crippen LogP contribution < -0.4 is 11.1 Å². The number of nitrogen functional groups attached to an aromatic ring is 1. The highest BCUT2D eigenvalue weighted by Crippen LogP contribution is 2.10. The minimum atomic E-state index is 0.662. The van der Waals surface area contributed by atoms with Gasteiger partial charge in [0.25, 0.3) is 0 Å². The van der Waals surface area contributed by atoms with E-state index in [2.05, 4.69) is 15.3 Å². The van der Waals surface area contributed by atoms with E-state index < -0.39 is 0 Å². The van der Waals surface area contributed by atoms with Gasteiger partial charge in [0.15, 0.2) is 0 Å². The second kappa shape index (κ2) is 4.41. The van der Waals surface area contributed by atoms with E-state index in [0.717, 1.165) is 12.2 Å². The van der Waals surface area contributed by atoms with Crippen LogP contribution in [0.5, 0.6) is 0 Å². The highest BCUT2D eigenvalue weighted by Gasteiger charge is 1.94. The summed E-state index contributed by atoms with van der Waals surface area (Å²) in [6.45, 7) is 0.744. The molecule has 0 fully saturated rings. The molecule has 2 aromatic rings. The molecule has 0 spiro atoms. The maximum Gasteiger partial charge on any atom is 0.0550 e. The molecular formula is C11H12N4. The van der Waals surface area contributed by atoms with Crippen molar-refractivity contribution in [2.24, 2.45) is 0 Å². The molecule has 2 aromatic heterocycles. The first-order valence-electron chi connectivity index (χ1n) is 4.68. The maximum atomic E-state index is 5.62. The van der Waals surface area contributed by atoms with Gasteiger partial charge in [-0.3, -0.25) is 9.97 Å². The number of anilines is 2. The normalized spacial score (nSPS) is 9.87. The van der Waals surface area contributed by atoms with Gasteiger partial charge in [-0.05, 0) is 23.8 Å². The molecule has 0 amide bonds. The van der Waals surface area contributed by atoms with Crippen LogP contribution in [0, 0.1) is 0 Å². The standard InChI is InChI=1S/C11H12N4/c12-10-5-11(8-14-7-10)15-6-9-1-3-13-4-2-9/h1-5,7-8,15H,6,12H2. The van der Waals surface area contributed by atoms with Gasteiger partial charge in [0.1, 0.15) is 0 Å². The summed E-state index contributed by atoms with van der Waals surface area (Å²) in [7, 11) is 0. The van der Waals surface area contributed by atoms with E-state index in [1.807, 2.05) is 18.2 Å². The fourth-order valence-corrected chi connectivity index (χ4v) is 1.26. The van der Waals surface area contributed by atoms with Crippen LogP contribution in [0.2, 0.25) is 0 Å². The molecular weight excluding hydrogens is 188 g/mol. The summed E-state index contributed by atoms with van der Waals surface area (Å²) < 4.78 is 0. The molecule has 0 unspecified atom stereocenters. The molecule has 0 radical (unpaired) electrons. The summed E-state index contributed by atoms with van der Waals surface area (Å²) in [5.41, 5.74) is 8.37. The molecule has 0 aliphatic heterocycles. The van der Waals surface area contributed by atoms with Crippen LogP contribution in [0.4, 0.5) is 11.4 Å². The molecule has 0 aliphatic rings. The van der Waals surface area contributed by atoms with Gasteiger partial charge in [0, 0.05) is 25.1 Å². The summed E-state index contributed by atoms with van der Waals surface area (Å²) >= 11 is 0. The third-order valence-corrected chi connectivity index (χ3v) is 2.01. The van der Waals surface area contributed by atoms with Gasteiger partial charge in [-0.1, -0.05) is 0 Å². The Labute approximate surface area is 88.2 Å². The lowest BCUT2D eigenvalue weighted by Crippen LogP contribution is -2.00. The molecule has 4 nitrogen and oxygen atoms in total. The Kier molecular flexibility index (Phi) is 2.78. The van der Waals surface area contributed by atoms with Crippen molar-refractivity contribution < 1.29 is 0 Å². The van der Waals surface area contributed by atoms with E-state index in [0.29, 0.717) is 5.69 Å². The van der Waals surface area contributed by atoms with Crippen molar-refractivity contribution in [3.63, 3.8) is 0 Å². The van der Waals surface area contributed by atoms with Crippen molar-refractivity contribution in [3.8, 4) is 0 Å². The number of nitrogens with two attached hydrogens (primary N) is 1. The first kappa shape index (κ1) is 9.45. The molecule has 2 heterocycles. The van der Waals surface area contributed by atoms with E-state index >= 15 is 0 Å². The van der Waals surface area contributed by atoms with Gasteiger partial charge in [-0.25, -0.2) is 0 Å². The van der Waals surface area contributed by atoms with Crippen molar-refractivity contribution in [1.82, 2.24) is 9.97 Å². The van der Waals surface area contributed by atoms with Crippen LogP contribution in [0.3, 0.4) is 0 Å². The van der Waals surface area contributed by atoms with E-state index in [1.54, 1.807) is 24.8 Å². The minimum absolute atomic E-state index is 0.662. The Morgan fingerprint density at radius 3 is 2.67 bits per heavy atom. The highest BCUT2D eigenvalue weighted by atomic mass is 14.9. The zero-order valence-corrected chi connectivity index (χ0v) is 8.22. The highest BCUT2D eigenvalue weighted by molar-refractivity contribution is 5.51. The zero-order chi connectivity index (χ0) is 10.5. The Morgan fingerprint density at radius 2 is 1.93 bits per heavy atom. The lowest BCUT2D eigenvalue weighted by Gasteiger charge is -2.05. The lowest BCUT2D eigenvalue weighted by atomic mass is 10.2. The van der Waals surface area contributed by atoms with E-state index in [4.69, 9.17) is 5.73 Å². The second-order valence-electron chi connectivity index (χ2n) is 3.22. The SMILES string of the molecule is Nc1cncc(NCc2ccncc2)c1. The fraction of sp³-hybridized carbons (Fsp3) is 0.0909. The summed E-state index contributed by atoms with van der Waals surface area (Å²) in [6, 6.07) is 5.79. The van der Waals surface area contributed by atoms with Gasteiger partial charge in [-0.2, -0.15) is 0 Å². The molecule has 3 N–H and O–H groups in total. The Hall–Kier alpha value is -2.10. The number of pyridine rings is 2. The number of rotatable bonds is 3. The number of aromatic nitrogens is 2. The number of hydrogen-bond donors (Lipinski definition) is 2. The Morgan fingerprint density at radius 1 is 1.13 bits per heavy atom. The molecule has 0 saturated carbocycles. The molecule has 0 bridgehead atoms. The number of nitrogens with one attached hydrogen (secondary N) is 1. The first-order chi connectivity index (χ1) is 7.34. The van der Waals surface area contributed by atoms with Crippen LogP contribution in [0.25, 0.3) is 0 Å². The average molecular weight is 200 g/mol. The van der Waals surface area contributed by atoms with Gasteiger partial charge in [0.2, 0.25) is 0 Å². The Bertz CT molecular complexity index is 428. The molecule has 0 saturated heterocycles. The van der Waals surface area contributed by atoms with Gasteiger partial charge in [0.05, 0.1) is 17.6 Å². The lowest BCUT2D eigenvalue weighted by molar-refractivity contribution is 1.12. The molecule has 0 atom stereocenters. The zero-order valence-electron chi connectivity index (χ0n) is 8.22. The van der Waals surface area contributed by atoms with E-state index in [1.165, 1.54) is 5.56 Å². The third-order valence-electron chi connectivity index (χ3n) is 2.01. The van der Waals surface area contributed by atoms with Crippen LogP contribution in [-0.4, -0.2) is 9.97 Å². The maximum absolute atomic E-state index is 5.62. The predicted octanol–water partition coefficient (Wildman–Crippen LogP) is 1.67. The van der Waals surface area contributed by atoms with E-state index in [-0.39, 0.29) is 0 Å². The topological polar surface area (TPSA) is 63.8 Å². The van der Waals surface area contributed by atoms with Gasteiger partial charge in [-0.15, -0.1) is 0 Å². The quantitative estimate of drug-likeness (QED) is 0.791. The summed E-state index contributed by atoms with van der Waals surface area (Å²) in [5, 5.41) is 3.23. The Balaban J connectivity index is 1.99. The first-order valence-corrected chi connectivity index (χ1v) is 4.68. The van der Waals surface area contributed by atoms with Gasteiger partial charge >= 0.3 is 0 Å². The van der Waals surface area contributed by atoms with Crippen molar-refractivity contribution in [3.05, 3.63) is 48.5 Å². The van der Waals surface area contributed by atoms with Gasteiger partial charge < -0.3 is 11.1 Å². The van der Waals surface area contributed by atoms with Crippen LogP contribution >= 0.6 is 0 Å². The third kappa shape index (κ3) is 2.67. The summed E-state index contributed by atoms with van der Waals surface area (Å²) in [4.78, 5) is 7.95. The van der Waals surface area contributed by atoms with Crippen LogP contribution in [0.15, 0.2) is 43.0 Å². The predicted molar refractivity (Wildman–Crippen MR) is 60.2 cm³/mol. The number of nitrogens with zero attached hydrogens (tertiary/aromatic N) is 2. The van der Waals surface area contributed by atoms with Crippen molar-refractivity contribution >= 4 is 11.4 Å². The molecule has 4 heteroatoms. The van der Waals surface area contributed by atoms with E-state index in [9.17, 15) is 0 Å². The van der Waals surface area contributed by atoms with Crippen LogP contribution in [-0.2, 0) is 6.54 Å². The van der Waals surface area contributed by atoms with Crippen molar-refractivity contribution in [1.29, 1.82) is 0 Å². The largest absolute Gasteiger partial charge is 0.397 e. The molecule has 0 aromatic carbocycles. The average Bonchev–Trinajstić information content (AvgIpc) is 2.28. The summed E-state index contributed by atoms with van der Waals surface area (Å²) in [5.74, 6) is 0. The monoisotopic (exact) mass is 200 g/mol. The number of hydrogen-bond acceptors (Lipinski definition) is 4. The molecule has 0 aliphatic carbocycles.